The lowest BCUT2D eigenvalue weighted by Gasteiger charge is -2.22. The maximum absolute atomic E-state index is 12.5. The Bertz CT molecular complexity index is 595. The van der Waals surface area contributed by atoms with E-state index in [9.17, 15) is 4.79 Å². The molecular weight excluding hydrogens is 238 g/mol. The summed E-state index contributed by atoms with van der Waals surface area (Å²) in [7, 11) is 0. The fourth-order valence-electron chi connectivity index (χ4n) is 1.99. The van der Waals surface area contributed by atoms with E-state index in [2.05, 4.69) is 4.98 Å². The number of nitrogens with zero attached hydrogens (tertiary/aromatic N) is 2. The number of carbonyl (C=O) groups is 1. The minimum atomic E-state index is -0.104. The molecule has 0 unspecified atom stereocenters. The van der Waals surface area contributed by atoms with Crippen molar-refractivity contribution in [1.82, 2.24) is 4.98 Å². The second kappa shape index (κ2) is 5.52. The van der Waals surface area contributed by atoms with Crippen molar-refractivity contribution in [3.05, 3.63) is 53.9 Å². The van der Waals surface area contributed by atoms with Crippen LogP contribution in [0.4, 0.5) is 11.4 Å². The topological polar surface area (TPSA) is 59.2 Å². The molecule has 2 aromatic rings. The van der Waals surface area contributed by atoms with Crippen molar-refractivity contribution in [2.75, 3.05) is 17.2 Å². The quantitative estimate of drug-likeness (QED) is 0.917. The Balaban J connectivity index is 2.38. The van der Waals surface area contributed by atoms with Crippen LogP contribution in [0.3, 0.4) is 0 Å². The van der Waals surface area contributed by atoms with Crippen LogP contribution in [-0.2, 0) is 0 Å². The molecule has 1 aromatic heterocycles. The number of aromatic nitrogens is 1. The first kappa shape index (κ1) is 13.1. The summed E-state index contributed by atoms with van der Waals surface area (Å²) < 4.78 is 0. The van der Waals surface area contributed by atoms with Gasteiger partial charge in [0.25, 0.3) is 5.91 Å². The molecule has 2 N–H and O–H groups in total. The van der Waals surface area contributed by atoms with Gasteiger partial charge in [0, 0.05) is 18.4 Å². The highest BCUT2D eigenvalue weighted by atomic mass is 16.2. The van der Waals surface area contributed by atoms with Crippen LogP contribution < -0.4 is 10.6 Å². The van der Waals surface area contributed by atoms with Crippen LogP contribution in [0.15, 0.2) is 42.7 Å². The Morgan fingerprint density at radius 3 is 2.79 bits per heavy atom. The molecule has 4 heteroatoms. The van der Waals surface area contributed by atoms with Crippen LogP contribution >= 0.6 is 0 Å². The standard InChI is InChI=1S/C15H17N3O/c1-3-18(12-6-4-5-11(2)9-12)15(19)13-7-8-17-10-14(13)16/h4-10H,3,16H2,1-2H3. The van der Waals surface area contributed by atoms with Gasteiger partial charge in [-0.1, -0.05) is 12.1 Å². The van der Waals surface area contributed by atoms with Gasteiger partial charge in [-0.3, -0.25) is 9.78 Å². The van der Waals surface area contributed by atoms with Crippen LogP contribution in [0.2, 0.25) is 0 Å². The SMILES string of the molecule is CCN(C(=O)c1ccncc1N)c1cccc(C)c1. The van der Waals surface area contributed by atoms with Gasteiger partial charge < -0.3 is 10.6 Å². The lowest BCUT2D eigenvalue weighted by molar-refractivity contribution is 0.0989. The number of nitrogens with two attached hydrogens (primary N) is 1. The minimum Gasteiger partial charge on any atom is -0.397 e. The van der Waals surface area contributed by atoms with Crippen LogP contribution in [0, 0.1) is 6.92 Å². The van der Waals surface area contributed by atoms with Gasteiger partial charge >= 0.3 is 0 Å². The number of aryl methyl sites for hydroxylation is 1. The summed E-state index contributed by atoms with van der Waals surface area (Å²) in [5.74, 6) is -0.104. The molecule has 1 amide bonds. The molecule has 1 heterocycles. The number of anilines is 2. The van der Waals surface area contributed by atoms with Gasteiger partial charge in [-0.25, -0.2) is 0 Å². The number of pyridine rings is 1. The Morgan fingerprint density at radius 1 is 1.37 bits per heavy atom. The van der Waals surface area contributed by atoms with E-state index in [1.807, 2.05) is 38.1 Å². The predicted molar refractivity (Wildman–Crippen MR) is 77.2 cm³/mol. The molecule has 0 bridgehead atoms. The lowest BCUT2D eigenvalue weighted by Crippen LogP contribution is -2.31. The fraction of sp³-hybridized carbons (Fsp3) is 0.200. The van der Waals surface area contributed by atoms with Crippen molar-refractivity contribution >= 4 is 17.3 Å². The van der Waals surface area contributed by atoms with E-state index in [0.717, 1.165) is 11.3 Å². The molecule has 19 heavy (non-hydrogen) atoms. The van der Waals surface area contributed by atoms with E-state index in [1.165, 1.54) is 6.20 Å². The predicted octanol–water partition coefficient (Wildman–Crippen LogP) is 2.64. The molecule has 0 atom stereocenters. The fourth-order valence-corrected chi connectivity index (χ4v) is 1.99. The highest BCUT2D eigenvalue weighted by Crippen LogP contribution is 2.20. The number of hydrogen-bond acceptors (Lipinski definition) is 3. The van der Waals surface area contributed by atoms with Crippen molar-refractivity contribution < 1.29 is 4.79 Å². The Hall–Kier alpha value is -2.36. The van der Waals surface area contributed by atoms with Gasteiger partial charge in [0.1, 0.15) is 0 Å². The summed E-state index contributed by atoms with van der Waals surface area (Å²) in [6, 6.07) is 9.50. The van der Waals surface area contributed by atoms with E-state index in [-0.39, 0.29) is 5.91 Å². The van der Waals surface area contributed by atoms with E-state index in [0.29, 0.717) is 17.8 Å². The van der Waals surface area contributed by atoms with E-state index in [4.69, 9.17) is 5.73 Å². The van der Waals surface area contributed by atoms with Gasteiger partial charge in [0.2, 0.25) is 0 Å². The summed E-state index contributed by atoms with van der Waals surface area (Å²) >= 11 is 0. The first-order chi connectivity index (χ1) is 9.13. The van der Waals surface area contributed by atoms with Crippen molar-refractivity contribution in [2.45, 2.75) is 13.8 Å². The minimum absolute atomic E-state index is 0.104. The second-order valence-corrected chi connectivity index (χ2v) is 4.35. The van der Waals surface area contributed by atoms with Gasteiger partial charge in [-0.05, 0) is 37.6 Å². The number of carbonyl (C=O) groups excluding carboxylic acids is 1. The lowest BCUT2D eigenvalue weighted by atomic mass is 10.1. The monoisotopic (exact) mass is 255 g/mol. The summed E-state index contributed by atoms with van der Waals surface area (Å²) in [4.78, 5) is 18.1. The highest BCUT2D eigenvalue weighted by Gasteiger charge is 2.18. The molecule has 4 nitrogen and oxygen atoms in total. The van der Waals surface area contributed by atoms with Gasteiger partial charge in [0.05, 0.1) is 17.4 Å². The average Bonchev–Trinajstić information content (AvgIpc) is 2.40. The smallest absolute Gasteiger partial charge is 0.260 e. The molecule has 0 aliphatic heterocycles. The Morgan fingerprint density at radius 2 is 2.16 bits per heavy atom. The average molecular weight is 255 g/mol. The summed E-state index contributed by atoms with van der Waals surface area (Å²) in [5.41, 5.74) is 8.69. The zero-order valence-electron chi connectivity index (χ0n) is 11.1. The maximum Gasteiger partial charge on any atom is 0.260 e. The third-order valence-corrected chi connectivity index (χ3v) is 2.96. The van der Waals surface area contributed by atoms with Crippen LogP contribution in [-0.4, -0.2) is 17.4 Å². The van der Waals surface area contributed by atoms with Crippen molar-refractivity contribution in [1.29, 1.82) is 0 Å². The number of benzene rings is 1. The van der Waals surface area contributed by atoms with E-state index in [1.54, 1.807) is 17.2 Å². The third-order valence-electron chi connectivity index (χ3n) is 2.96. The van der Waals surface area contributed by atoms with Gasteiger partial charge in [0.15, 0.2) is 0 Å². The molecule has 0 saturated carbocycles. The van der Waals surface area contributed by atoms with E-state index < -0.39 is 0 Å². The van der Waals surface area contributed by atoms with Crippen LogP contribution in [0.25, 0.3) is 0 Å². The zero-order valence-corrected chi connectivity index (χ0v) is 11.1. The number of rotatable bonds is 3. The molecule has 0 spiro atoms. The molecule has 0 saturated heterocycles. The number of amides is 1. The van der Waals surface area contributed by atoms with E-state index >= 15 is 0 Å². The zero-order chi connectivity index (χ0) is 13.8. The molecule has 0 aliphatic carbocycles. The molecule has 2 rings (SSSR count). The maximum atomic E-state index is 12.5. The summed E-state index contributed by atoms with van der Waals surface area (Å²) in [5, 5.41) is 0. The molecule has 0 fully saturated rings. The normalized spacial score (nSPS) is 10.2. The largest absolute Gasteiger partial charge is 0.397 e. The third kappa shape index (κ3) is 2.73. The van der Waals surface area contributed by atoms with Crippen molar-refractivity contribution in [3.63, 3.8) is 0 Å². The van der Waals surface area contributed by atoms with Gasteiger partial charge in [-0.2, -0.15) is 0 Å². The Kier molecular flexibility index (Phi) is 3.80. The Labute approximate surface area is 112 Å². The van der Waals surface area contributed by atoms with Crippen LogP contribution in [0.1, 0.15) is 22.8 Å². The molecule has 98 valence electrons. The van der Waals surface area contributed by atoms with Crippen molar-refractivity contribution in [3.8, 4) is 0 Å². The van der Waals surface area contributed by atoms with Crippen molar-refractivity contribution in [2.24, 2.45) is 0 Å². The highest BCUT2D eigenvalue weighted by molar-refractivity contribution is 6.09. The summed E-state index contributed by atoms with van der Waals surface area (Å²) in [6.45, 7) is 4.53. The molecule has 1 aromatic carbocycles. The summed E-state index contributed by atoms with van der Waals surface area (Å²) in [6.07, 6.45) is 3.07. The number of hydrogen-bond donors (Lipinski definition) is 1. The van der Waals surface area contributed by atoms with Crippen LogP contribution in [0.5, 0.6) is 0 Å². The number of nitrogen functional groups attached to an aromatic ring is 1. The first-order valence-corrected chi connectivity index (χ1v) is 6.21. The first-order valence-electron chi connectivity index (χ1n) is 6.21. The molecule has 0 aliphatic rings. The molecule has 0 radical (unpaired) electrons. The molecular formula is C15H17N3O. The second-order valence-electron chi connectivity index (χ2n) is 4.35. The van der Waals surface area contributed by atoms with Gasteiger partial charge in [-0.15, -0.1) is 0 Å².